The first-order chi connectivity index (χ1) is 6.87. The summed E-state index contributed by atoms with van der Waals surface area (Å²) < 4.78 is 4.87. The van der Waals surface area contributed by atoms with E-state index in [-0.39, 0.29) is 11.5 Å². The molecule has 0 aliphatic carbocycles. The summed E-state index contributed by atoms with van der Waals surface area (Å²) in [5.41, 5.74) is 0.818. The molecule has 0 aromatic carbocycles. The van der Waals surface area contributed by atoms with Crippen molar-refractivity contribution in [3.63, 3.8) is 0 Å². The van der Waals surface area contributed by atoms with Crippen molar-refractivity contribution >= 4 is 5.97 Å². The van der Waals surface area contributed by atoms with Gasteiger partial charge in [0.05, 0.1) is 6.61 Å². The van der Waals surface area contributed by atoms with Crippen molar-refractivity contribution in [3.05, 3.63) is 11.6 Å². The first-order valence-corrected chi connectivity index (χ1v) is 5.45. The van der Waals surface area contributed by atoms with Gasteiger partial charge in [-0.1, -0.05) is 6.08 Å². The molecule has 0 aliphatic rings. The Labute approximate surface area is 92.9 Å². The zero-order chi connectivity index (χ0) is 11.9. The van der Waals surface area contributed by atoms with Crippen LogP contribution in [-0.2, 0) is 9.53 Å². The van der Waals surface area contributed by atoms with Crippen molar-refractivity contribution in [2.24, 2.45) is 0 Å². The molecule has 0 heterocycles. The zero-order valence-electron chi connectivity index (χ0n) is 10.5. The lowest BCUT2D eigenvalue weighted by Gasteiger charge is -2.19. The number of carbonyl (C=O) groups excluding carboxylic acids is 1. The van der Waals surface area contributed by atoms with Crippen LogP contribution in [0.5, 0.6) is 0 Å². The Morgan fingerprint density at radius 1 is 1.40 bits per heavy atom. The third-order valence-corrected chi connectivity index (χ3v) is 1.85. The number of esters is 1. The van der Waals surface area contributed by atoms with Gasteiger partial charge in [-0.3, -0.25) is 0 Å². The fraction of sp³-hybridized carbons (Fsp3) is 0.750. The maximum atomic E-state index is 11.2. The average molecular weight is 213 g/mol. The molecule has 0 radical (unpaired) electrons. The van der Waals surface area contributed by atoms with Crippen molar-refractivity contribution in [3.8, 4) is 0 Å². The van der Waals surface area contributed by atoms with Crippen molar-refractivity contribution < 1.29 is 9.53 Å². The Kier molecular flexibility index (Phi) is 6.25. The van der Waals surface area contributed by atoms with Crippen molar-refractivity contribution in [1.29, 1.82) is 0 Å². The molecule has 0 aliphatic heterocycles. The maximum absolute atomic E-state index is 11.2. The molecular formula is C12H23NO2. The SMILES string of the molecule is CCOC(=O)C(C)=CCCNC(C)(C)C. The predicted molar refractivity (Wildman–Crippen MR) is 62.8 cm³/mol. The monoisotopic (exact) mass is 213 g/mol. The Morgan fingerprint density at radius 3 is 2.47 bits per heavy atom. The van der Waals surface area contributed by atoms with E-state index < -0.39 is 0 Å². The molecule has 3 nitrogen and oxygen atoms in total. The average Bonchev–Trinajstić information content (AvgIpc) is 2.11. The molecule has 0 amide bonds. The fourth-order valence-corrected chi connectivity index (χ4v) is 1.06. The molecule has 3 heteroatoms. The molecule has 0 atom stereocenters. The minimum absolute atomic E-state index is 0.131. The maximum Gasteiger partial charge on any atom is 0.333 e. The molecule has 0 rings (SSSR count). The van der Waals surface area contributed by atoms with Gasteiger partial charge < -0.3 is 10.1 Å². The zero-order valence-corrected chi connectivity index (χ0v) is 10.5. The molecule has 0 aromatic heterocycles. The van der Waals surface area contributed by atoms with Crippen LogP contribution in [0.25, 0.3) is 0 Å². The van der Waals surface area contributed by atoms with E-state index in [0.717, 1.165) is 13.0 Å². The van der Waals surface area contributed by atoms with Crippen LogP contribution in [0.4, 0.5) is 0 Å². The van der Waals surface area contributed by atoms with Gasteiger partial charge in [0.25, 0.3) is 0 Å². The second-order valence-corrected chi connectivity index (χ2v) is 4.57. The molecular weight excluding hydrogens is 190 g/mol. The van der Waals surface area contributed by atoms with Gasteiger partial charge in [0.2, 0.25) is 0 Å². The highest BCUT2D eigenvalue weighted by atomic mass is 16.5. The number of hydrogen-bond donors (Lipinski definition) is 1. The van der Waals surface area contributed by atoms with Crippen LogP contribution in [0.1, 0.15) is 41.0 Å². The molecule has 0 spiro atoms. The second kappa shape index (κ2) is 6.62. The highest BCUT2D eigenvalue weighted by Crippen LogP contribution is 2.01. The summed E-state index contributed by atoms with van der Waals surface area (Å²) in [7, 11) is 0. The summed E-state index contributed by atoms with van der Waals surface area (Å²) >= 11 is 0. The lowest BCUT2D eigenvalue weighted by molar-refractivity contribution is -0.138. The third kappa shape index (κ3) is 8.18. The number of nitrogens with one attached hydrogen (secondary N) is 1. The minimum Gasteiger partial charge on any atom is -0.463 e. The summed E-state index contributed by atoms with van der Waals surface area (Å²) in [6, 6.07) is 0. The standard InChI is InChI=1S/C12H23NO2/c1-6-15-11(14)10(2)8-7-9-13-12(3,4)5/h8,13H,6-7,9H2,1-5H3. The van der Waals surface area contributed by atoms with Gasteiger partial charge in [-0.25, -0.2) is 4.79 Å². The lowest BCUT2D eigenvalue weighted by Crippen LogP contribution is -2.36. The van der Waals surface area contributed by atoms with E-state index in [1.165, 1.54) is 0 Å². The van der Waals surface area contributed by atoms with E-state index in [4.69, 9.17) is 4.74 Å². The highest BCUT2D eigenvalue weighted by Gasteiger charge is 2.07. The molecule has 88 valence electrons. The summed E-state index contributed by atoms with van der Waals surface area (Å²) in [6.07, 6.45) is 2.76. The molecule has 15 heavy (non-hydrogen) atoms. The van der Waals surface area contributed by atoms with Gasteiger partial charge in [-0.05, 0) is 47.6 Å². The van der Waals surface area contributed by atoms with Crippen molar-refractivity contribution in [2.45, 2.75) is 46.6 Å². The van der Waals surface area contributed by atoms with E-state index in [2.05, 4.69) is 26.1 Å². The summed E-state index contributed by atoms with van der Waals surface area (Å²) in [5.74, 6) is -0.215. The van der Waals surface area contributed by atoms with E-state index in [0.29, 0.717) is 12.2 Å². The number of rotatable bonds is 5. The van der Waals surface area contributed by atoms with Crippen molar-refractivity contribution in [2.75, 3.05) is 13.2 Å². The van der Waals surface area contributed by atoms with Crippen LogP contribution >= 0.6 is 0 Å². The smallest absolute Gasteiger partial charge is 0.333 e. The molecule has 1 N–H and O–H groups in total. The molecule has 0 aromatic rings. The molecule has 0 fully saturated rings. The summed E-state index contributed by atoms with van der Waals surface area (Å²) in [5, 5.41) is 3.35. The van der Waals surface area contributed by atoms with Gasteiger partial charge in [0, 0.05) is 11.1 Å². The Bertz CT molecular complexity index is 226. The number of carbonyl (C=O) groups is 1. The van der Waals surface area contributed by atoms with Crippen LogP contribution in [0, 0.1) is 0 Å². The largest absolute Gasteiger partial charge is 0.463 e. The van der Waals surface area contributed by atoms with Crippen LogP contribution in [-0.4, -0.2) is 24.7 Å². The van der Waals surface area contributed by atoms with Crippen LogP contribution in [0.2, 0.25) is 0 Å². The molecule has 0 unspecified atom stereocenters. The van der Waals surface area contributed by atoms with Gasteiger partial charge in [0.1, 0.15) is 0 Å². The second-order valence-electron chi connectivity index (χ2n) is 4.57. The molecule has 0 saturated heterocycles. The number of ether oxygens (including phenoxy) is 1. The summed E-state index contributed by atoms with van der Waals surface area (Å²) in [6.45, 7) is 11.3. The highest BCUT2D eigenvalue weighted by molar-refractivity contribution is 5.87. The van der Waals surface area contributed by atoms with Crippen LogP contribution < -0.4 is 5.32 Å². The van der Waals surface area contributed by atoms with E-state index in [9.17, 15) is 4.79 Å². The lowest BCUT2D eigenvalue weighted by atomic mass is 10.1. The van der Waals surface area contributed by atoms with E-state index >= 15 is 0 Å². The van der Waals surface area contributed by atoms with Crippen molar-refractivity contribution in [1.82, 2.24) is 5.32 Å². The van der Waals surface area contributed by atoms with E-state index in [1.807, 2.05) is 13.0 Å². The van der Waals surface area contributed by atoms with Crippen LogP contribution in [0.15, 0.2) is 11.6 Å². The minimum atomic E-state index is -0.215. The van der Waals surface area contributed by atoms with Crippen LogP contribution in [0.3, 0.4) is 0 Å². The first-order valence-electron chi connectivity index (χ1n) is 5.45. The Balaban J connectivity index is 3.81. The quantitative estimate of drug-likeness (QED) is 0.432. The normalized spacial score (nSPS) is 12.7. The third-order valence-electron chi connectivity index (χ3n) is 1.85. The van der Waals surface area contributed by atoms with E-state index in [1.54, 1.807) is 6.92 Å². The summed E-state index contributed by atoms with van der Waals surface area (Å²) in [4.78, 5) is 11.2. The molecule has 0 bridgehead atoms. The molecule has 0 saturated carbocycles. The Morgan fingerprint density at radius 2 is 2.00 bits per heavy atom. The first kappa shape index (κ1) is 14.2. The topological polar surface area (TPSA) is 38.3 Å². The van der Waals surface area contributed by atoms with Gasteiger partial charge in [0.15, 0.2) is 0 Å². The van der Waals surface area contributed by atoms with Gasteiger partial charge in [-0.2, -0.15) is 0 Å². The number of hydrogen-bond acceptors (Lipinski definition) is 3. The Hall–Kier alpha value is -0.830. The van der Waals surface area contributed by atoms with Gasteiger partial charge in [-0.15, -0.1) is 0 Å². The fourth-order valence-electron chi connectivity index (χ4n) is 1.06. The predicted octanol–water partition coefficient (Wildman–Crippen LogP) is 2.27. The van der Waals surface area contributed by atoms with Gasteiger partial charge >= 0.3 is 5.97 Å².